The summed E-state index contributed by atoms with van der Waals surface area (Å²) >= 11 is 0. The number of hydrogen-bond donors (Lipinski definition) is 2. The average molecular weight is 283 g/mol. The second kappa shape index (κ2) is 6.39. The average Bonchev–Trinajstić information content (AvgIpc) is 2.36. The Morgan fingerprint density at radius 2 is 1.76 bits per heavy atom. The normalized spacial score (nSPS) is 10.5. The molecule has 0 aliphatic heterocycles. The lowest BCUT2D eigenvalue weighted by molar-refractivity contribution is 0.102. The number of carbonyl (C=O) groups excluding carboxylic acids is 1. The van der Waals surface area contributed by atoms with Crippen molar-refractivity contribution < 1.29 is 4.79 Å². The third-order valence-corrected chi connectivity index (χ3v) is 2.90. The van der Waals surface area contributed by atoms with E-state index in [1.165, 1.54) is 0 Å². The van der Waals surface area contributed by atoms with Crippen molar-refractivity contribution in [1.29, 1.82) is 0 Å². The predicted molar refractivity (Wildman–Crippen MR) is 86.9 cm³/mol. The van der Waals surface area contributed by atoms with Gasteiger partial charge >= 0.3 is 0 Å². The molecule has 0 aliphatic carbocycles. The zero-order valence-corrected chi connectivity index (χ0v) is 12.9. The van der Waals surface area contributed by atoms with Gasteiger partial charge in [-0.1, -0.05) is 12.1 Å². The van der Waals surface area contributed by atoms with Gasteiger partial charge in [-0.15, -0.1) is 0 Å². The third-order valence-electron chi connectivity index (χ3n) is 2.90. The van der Waals surface area contributed by atoms with Crippen LogP contribution in [-0.2, 0) is 0 Å². The molecule has 0 spiro atoms. The Labute approximate surface area is 125 Å². The van der Waals surface area contributed by atoms with Gasteiger partial charge in [-0.3, -0.25) is 4.79 Å². The Morgan fingerprint density at radius 3 is 2.38 bits per heavy atom. The summed E-state index contributed by atoms with van der Waals surface area (Å²) in [6, 6.07) is 11.6. The number of amides is 1. The van der Waals surface area contributed by atoms with Crippen molar-refractivity contribution in [2.24, 2.45) is 0 Å². The van der Waals surface area contributed by atoms with Crippen molar-refractivity contribution in [3.8, 4) is 0 Å². The lowest BCUT2D eigenvalue weighted by Gasteiger charge is -2.11. The first kappa shape index (κ1) is 15.0. The van der Waals surface area contributed by atoms with E-state index in [0.717, 1.165) is 16.8 Å². The standard InChI is InChI=1S/C17H21N3O/c1-11(2)18-16-7-5-6-15(20-16)17(21)19-14-9-12(3)8-13(4)10-14/h5-11H,1-4H3,(H,18,20)(H,19,21). The number of rotatable bonds is 4. The summed E-state index contributed by atoms with van der Waals surface area (Å²) in [6.07, 6.45) is 0. The molecule has 1 aromatic carbocycles. The number of nitrogens with zero attached hydrogens (tertiary/aromatic N) is 1. The summed E-state index contributed by atoms with van der Waals surface area (Å²) < 4.78 is 0. The quantitative estimate of drug-likeness (QED) is 0.898. The highest BCUT2D eigenvalue weighted by Gasteiger charge is 2.09. The van der Waals surface area contributed by atoms with E-state index >= 15 is 0 Å². The minimum atomic E-state index is -0.201. The van der Waals surface area contributed by atoms with Gasteiger partial charge in [-0.05, 0) is 63.1 Å². The topological polar surface area (TPSA) is 54.0 Å². The summed E-state index contributed by atoms with van der Waals surface area (Å²) in [6.45, 7) is 8.08. The van der Waals surface area contributed by atoms with Crippen LogP contribution < -0.4 is 10.6 Å². The van der Waals surface area contributed by atoms with Gasteiger partial charge in [0, 0.05) is 11.7 Å². The van der Waals surface area contributed by atoms with Crippen LogP contribution in [0.3, 0.4) is 0 Å². The zero-order chi connectivity index (χ0) is 15.4. The fourth-order valence-electron chi connectivity index (χ4n) is 2.18. The summed E-state index contributed by atoms with van der Waals surface area (Å²) in [7, 11) is 0. The Morgan fingerprint density at radius 1 is 1.10 bits per heavy atom. The van der Waals surface area contributed by atoms with Crippen LogP contribution in [0.1, 0.15) is 35.5 Å². The fourth-order valence-corrected chi connectivity index (χ4v) is 2.18. The maximum atomic E-state index is 12.3. The van der Waals surface area contributed by atoms with Gasteiger partial charge in [-0.2, -0.15) is 0 Å². The minimum Gasteiger partial charge on any atom is -0.368 e. The molecule has 4 heteroatoms. The number of carbonyl (C=O) groups is 1. The zero-order valence-electron chi connectivity index (χ0n) is 12.9. The molecule has 0 saturated heterocycles. The molecule has 1 heterocycles. The second-order valence-electron chi connectivity index (χ2n) is 5.54. The lowest BCUT2D eigenvalue weighted by atomic mass is 10.1. The van der Waals surface area contributed by atoms with Crippen LogP contribution in [0.25, 0.3) is 0 Å². The molecule has 0 bridgehead atoms. The SMILES string of the molecule is Cc1cc(C)cc(NC(=O)c2cccc(NC(C)C)n2)c1. The highest BCUT2D eigenvalue weighted by molar-refractivity contribution is 6.03. The summed E-state index contributed by atoms with van der Waals surface area (Å²) in [5, 5.41) is 6.08. The number of benzene rings is 1. The molecule has 4 nitrogen and oxygen atoms in total. The number of anilines is 2. The maximum absolute atomic E-state index is 12.3. The highest BCUT2D eigenvalue weighted by atomic mass is 16.1. The molecule has 0 aliphatic rings. The lowest BCUT2D eigenvalue weighted by Crippen LogP contribution is -2.16. The van der Waals surface area contributed by atoms with Crippen LogP contribution in [0.4, 0.5) is 11.5 Å². The van der Waals surface area contributed by atoms with Gasteiger partial charge in [0.2, 0.25) is 0 Å². The van der Waals surface area contributed by atoms with Crippen molar-refractivity contribution in [3.05, 3.63) is 53.2 Å². The van der Waals surface area contributed by atoms with Gasteiger partial charge < -0.3 is 10.6 Å². The van der Waals surface area contributed by atoms with E-state index in [4.69, 9.17) is 0 Å². The van der Waals surface area contributed by atoms with Crippen molar-refractivity contribution >= 4 is 17.4 Å². The molecule has 0 unspecified atom stereocenters. The first-order valence-corrected chi connectivity index (χ1v) is 7.07. The number of aryl methyl sites for hydroxylation is 2. The molecule has 2 aromatic rings. The van der Waals surface area contributed by atoms with Gasteiger partial charge in [0.25, 0.3) is 5.91 Å². The summed E-state index contributed by atoms with van der Waals surface area (Å²) in [5.74, 6) is 0.505. The molecular weight excluding hydrogens is 262 g/mol. The Bertz CT molecular complexity index is 630. The fraction of sp³-hybridized carbons (Fsp3) is 0.294. The molecule has 1 aromatic heterocycles. The smallest absolute Gasteiger partial charge is 0.274 e. The molecular formula is C17H21N3O. The third kappa shape index (κ3) is 4.31. The highest BCUT2D eigenvalue weighted by Crippen LogP contribution is 2.15. The van der Waals surface area contributed by atoms with E-state index in [-0.39, 0.29) is 11.9 Å². The van der Waals surface area contributed by atoms with Gasteiger partial charge in [-0.25, -0.2) is 4.98 Å². The Hall–Kier alpha value is -2.36. The first-order valence-electron chi connectivity index (χ1n) is 7.07. The summed E-state index contributed by atoms with van der Waals surface area (Å²) in [5.41, 5.74) is 3.43. The van der Waals surface area contributed by atoms with E-state index < -0.39 is 0 Å². The van der Waals surface area contributed by atoms with Crippen molar-refractivity contribution in [2.45, 2.75) is 33.7 Å². The van der Waals surface area contributed by atoms with Crippen LogP contribution >= 0.6 is 0 Å². The van der Waals surface area contributed by atoms with Gasteiger partial charge in [0.15, 0.2) is 0 Å². The second-order valence-corrected chi connectivity index (χ2v) is 5.54. The number of nitrogens with one attached hydrogen (secondary N) is 2. The van der Waals surface area contributed by atoms with E-state index in [2.05, 4.69) is 21.7 Å². The van der Waals surface area contributed by atoms with Crippen LogP contribution in [0, 0.1) is 13.8 Å². The molecule has 0 fully saturated rings. The van der Waals surface area contributed by atoms with Crippen LogP contribution in [0.5, 0.6) is 0 Å². The molecule has 1 amide bonds. The molecule has 21 heavy (non-hydrogen) atoms. The molecule has 0 atom stereocenters. The van der Waals surface area contributed by atoms with Gasteiger partial charge in [0.1, 0.15) is 11.5 Å². The van der Waals surface area contributed by atoms with Crippen LogP contribution in [0.15, 0.2) is 36.4 Å². The molecule has 2 rings (SSSR count). The van der Waals surface area contributed by atoms with E-state index in [9.17, 15) is 4.79 Å². The van der Waals surface area contributed by atoms with Crippen molar-refractivity contribution in [2.75, 3.05) is 10.6 Å². The van der Waals surface area contributed by atoms with Gasteiger partial charge in [0.05, 0.1) is 0 Å². The number of pyridine rings is 1. The molecule has 0 saturated carbocycles. The van der Waals surface area contributed by atoms with Crippen LogP contribution in [0.2, 0.25) is 0 Å². The first-order chi connectivity index (χ1) is 9.94. The van der Waals surface area contributed by atoms with E-state index in [0.29, 0.717) is 11.5 Å². The van der Waals surface area contributed by atoms with Crippen molar-refractivity contribution in [3.63, 3.8) is 0 Å². The molecule has 110 valence electrons. The number of hydrogen-bond acceptors (Lipinski definition) is 3. The summed E-state index contributed by atoms with van der Waals surface area (Å²) in [4.78, 5) is 16.6. The molecule has 0 radical (unpaired) electrons. The maximum Gasteiger partial charge on any atom is 0.274 e. The Balaban J connectivity index is 2.16. The largest absolute Gasteiger partial charge is 0.368 e. The number of aromatic nitrogens is 1. The van der Waals surface area contributed by atoms with E-state index in [1.807, 2.05) is 52.0 Å². The van der Waals surface area contributed by atoms with Crippen LogP contribution in [-0.4, -0.2) is 16.9 Å². The minimum absolute atomic E-state index is 0.201. The van der Waals surface area contributed by atoms with E-state index in [1.54, 1.807) is 6.07 Å². The Kier molecular flexibility index (Phi) is 4.58. The van der Waals surface area contributed by atoms with Crippen molar-refractivity contribution in [1.82, 2.24) is 4.98 Å². The predicted octanol–water partition coefficient (Wildman–Crippen LogP) is 3.77. The monoisotopic (exact) mass is 283 g/mol. The molecule has 2 N–H and O–H groups in total.